The molecule has 6 heteroatoms. The van der Waals surface area contributed by atoms with Crippen LogP contribution in [0.15, 0.2) is 53.6 Å². The standard InChI is InChI=1S/C15H17ClN2O2S/c1-15(11-16,12-7-4-3-5-8-12)18-14-13(21(2,19)20)9-6-10-17-14/h3-10H,11H2,1-2H3,(H,17,18). The zero-order chi connectivity index (χ0) is 15.5. The van der Waals surface area contributed by atoms with Crippen LogP contribution in [-0.2, 0) is 15.4 Å². The van der Waals surface area contributed by atoms with Crippen LogP contribution in [0, 0.1) is 0 Å². The van der Waals surface area contributed by atoms with Gasteiger partial charge in [0.1, 0.15) is 10.7 Å². The van der Waals surface area contributed by atoms with E-state index in [1.807, 2.05) is 37.3 Å². The van der Waals surface area contributed by atoms with Gasteiger partial charge in [0.25, 0.3) is 0 Å². The molecule has 1 unspecified atom stereocenters. The fourth-order valence-corrected chi connectivity index (χ4v) is 3.04. The highest BCUT2D eigenvalue weighted by Crippen LogP contribution is 2.29. The van der Waals surface area contributed by atoms with E-state index < -0.39 is 15.4 Å². The highest BCUT2D eigenvalue weighted by molar-refractivity contribution is 7.90. The summed E-state index contributed by atoms with van der Waals surface area (Å²) in [5.74, 6) is 0.587. The van der Waals surface area contributed by atoms with Crippen LogP contribution in [0.5, 0.6) is 0 Å². The molecule has 1 atom stereocenters. The van der Waals surface area contributed by atoms with E-state index in [4.69, 9.17) is 11.6 Å². The number of aromatic nitrogens is 1. The first-order valence-corrected chi connectivity index (χ1v) is 8.84. The number of hydrogen-bond donors (Lipinski definition) is 1. The van der Waals surface area contributed by atoms with E-state index in [1.54, 1.807) is 12.3 Å². The van der Waals surface area contributed by atoms with Gasteiger partial charge in [-0.2, -0.15) is 0 Å². The van der Waals surface area contributed by atoms with E-state index in [1.165, 1.54) is 6.07 Å². The number of rotatable bonds is 5. The van der Waals surface area contributed by atoms with E-state index in [0.29, 0.717) is 5.82 Å². The van der Waals surface area contributed by atoms with Crippen LogP contribution in [0.1, 0.15) is 12.5 Å². The molecule has 1 aromatic carbocycles. The second-order valence-corrected chi connectivity index (χ2v) is 7.33. The monoisotopic (exact) mass is 324 g/mol. The van der Waals surface area contributed by atoms with E-state index in [0.717, 1.165) is 11.8 Å². The van der Waals surface area contributed by atoms with Gasteiger partial charge < -0.3 is 5.32 Å². The Kier molecular flexibility index (Phi) is 4.54. The third-order valence-electron chi connectivity index (χ3n) is 3.24. The zero-order valence-corrected chi connectivity index (χ0v) is 13.4. The van der Waals surface area contributed by atoms with Gasteiger partial charge in [0.2, 0.25) is 0 Å². The molecule has 1 aromatic heterocycles. The molecule has 0 aliphatic carbocycles. The average Bonchev–Trinajstić information content (AvgIpc) is 2.47. The molecule has 0 fully saturated rings. The fourth-order valence-electron chi connectivity index (χ4n) is 2.03. The molecule has 0 aliphatic heterocycles. The van der Waals surface area contributed by atoms with Crippen molar-refractivity contribution in [2.45, 2.75) is 17.4 Å². The molecule has 0 aliphatic rings. The highest BCUT2D eigenvalue weighted by Gasteiger charge is 2.28. The Morgan fingerprint density at radius 1 is 1.19 bits per heavy atom. The van der Waals surface area contributed by atoms with Crippen molar-refractivity contribution in [3.05, 3.63) is 54.2 Å². The Balaban J connectivity index is 2.45. The molecular formula is C15H17ClN2O2S. The largest absolute Gasteiger partial charge is 0.359 e. The van der Waals surface area contributed by atoms with Crippen LogP contribution in [0.3, 0.4) is 0 Å². The topological polar surface area (TPSA) is 59.1 Å². The molecule has 0 spiro atoms. The Hall–Kier alpha value is -1.59. The Bertz CT molecular complexity index is 719. The van der Waals surface area contributed by atoms with Crippen molar-refractivity contribution in [1.82, 2.24) is 4.98 Å². The van der Waals surface area contributed by atoms with Crippen LogP contribution in [0.4, 0.5) is 5.82 Å². The van der Waals surface area contributed by atoms with Crippen molar-refractivity contribution < 1.29 is 8.42 Å². The summed E-state index contributed by atoms with van der Waals surface area (Å²) in [5.41, 5.74) is 0.349. The molecule has 0 amide bonds. The normalized spacial score (nSPS) is 14.4. The van der Waals surface area contributed by atoms with Crippen molar-refractivity contribution in [2.24, 2.45) is 0 Å². The maximum absolute atomic E-state index is 11.9. The molecule has 21 heavy (non-hydrogen) atoms. The third kappa shape index (κ3) is 3.54. The van der Waals surface area contributed by atoms with Crippen LogP contribution in [-0.4, -0.2) is 25.5 Å². The minimum Gasteiger partial charge on any atom is -0.359 e. The van der Waals surface area contributed by atoms with Crippen LogP contribution in [0.25, 0.3) is 0 Å². The average molecular weight is 325 g/mol. The summed E-state index contributed by atoms with van der Waals surface area (Å²) in [6.07, 6.45) is 2.71. The summed E-state index contributed by atoms with van der Waals surface area (Å²) >= 11 is 6.12. The summed E-state index contributed by atoms with van der Waals surface area (Å²) in [4.78, 5) is 4.32. The quantitative estimate of drug-likeness (QED) is 0.859. The number of nitrogens with zero attached hydrogens (tertiary/aromatic N) is 1. The molecule has 1 heterocycles. The molecule has 0 bridgehead atoms. The van der Waals surface area contributed by atoms with Crippen molar-refractivity contribution >= 4 is 27.3 Å². The predicted molar refractivity (Wildman–Crippen MR) is 85.5 cm³/mol. The van der Waals surface area contributed by atoms with E-state index >= 15 is 0 Å². The summed E-state index contributed by atoms with van der Waals surface area (Å²) in [5, 5.41) is 3.17. The van der Waals surface area contributed by atoms with Crippen molar-refractivity contribution in [1.29, 1.82) is 0 Å². The zero-order valence-electron chi connectivity index (χ0n) is 11.9. The van der Waals surface area contributed by atoms with Gasteiger partial charge in [-0.1, -0.05) is 30.3 Å². The first kappa shape index (κ1) is 15.8. The Labute approximate surface area is 130 Å². The number of benzene rings is 1. The van der Waals surface area contributed by atoms with E-state index in [2.05, 4.69) is 10.3 Å². The summed E-state index contributed by atoms with van der Waals surface area (Å²) in [6, 6.07) is 12.8. The van der Waals surface area contributed by atoms with E-state index in [-0.39, 0.29) is 10.8 Å². The second-order valence-electron chi connectivity index (χ2n) is 5.08. The molecule has 0 radical (unpaired) electrons. The lowest BCUT2D eigenvalue weighted by atomic mass is 9.94. The van der Waals surface area contributed by atoms with Crippen LogP contribution in [0.2, 0.25) is 0 Å². The summed E-state index contributed by atoms with van der Waals surface area (Å²) in [7, 11) is -3.36. The molecule has 0 saturated heterocycles. The molecule has 2 aromatic rings. The number of pyridine rings is 1. The highest BCUT2D eigenvalue weighted by atomic mass is 35.5. The maximum atomic E-state index is 11.9. The van der Waals surface area contributed by atoms with Gasteiger partial charge in [0.15, 0.2) is 9.84 Å². The van der Waals surface area contributed by atoms with Crippen molar-refractivity contribution in [3.63, 3.8) is 0 Å². The number of nitrogens with one attached hydrogen (secondary N) is 1. The molecular weight excluding hydrogens is 308 g/mol. The van der Waals surface area contributed by atoms with Crippen LogP contribution < -0.4 is 5.32 Å². The smallest absolute Gasteiger partial charge is 0.179 e. The molecule has 112 valence electrons. The van der Waals surface area contributed by atoms with Gasteiger partial charge >= 0.3 is 0 Å². The van der Waals surface area contributed by atoms with Crippen molar-refractivity contribution in [2.75, 3.05) is 17.5 Å². The van der Waals surface area contributed by atoms with Gasteiger partial charge in [-0.15, -0.1) is 11.6 Å². The maximum Gasteiger partial charge on any atom is 0.179 e. The predicted octanol–water partition coefficient (Wildman–Crippen LogP) is 3.05. The van der Waals surface area contributed by atoms with Gasteiger partial charge in [-0.3, -0.25) is 0 Å². The van der Waals surface area contributed by atoms with Gasteiger partial charge in [0, 0.05) is 18.3 Å². The fraction of sp³-hybridized carbons (Fsp3) is 0.267. The van der Waals surface area contributed by atoms with Gasteiger partial charge in [-0.25, -0.2) is 13.4 Å². The minimum absolute atomic E-state index is 0.164. The molecule has 4 nitrogen and oxygen atoms in total. The molecule has 0 saturated carbocycles. The number of anilines is 1. The lowest BCUT2D eigenvalue weighted by Gasteiger charge is -2.30. The first-order chi connectivity index (χ1) is 9.87. The molecule has 1 N–H and O–H groups in total. The Morgan fingerprint density at radius 3 is 2.43 bits per heavy atom. The lowest BCUT2D eigenvalue weighted by Crippen LogP contribution is -2.34. The summed E-state index contributed by atoms with van der Waals surface area (Å²) < 4.78 is 23.7. The second kappa shape index (κ2) is 6.03. The van der Waals surface area contributed by atoms with E-state index in [9.17, 15) is 8.42 Å². The number of halogens is 1. The third-order valence-corrected chi connectivity index (χ3v) is 4.91. The van der Waals surface area contributed by atoms with Crippen molar-refractivity contribution in [3.8, 4) is 0 Å². The SMILES string of the molecule is CC(CCl)(Nc1ncccc1S(C)(=O)=O)c1ccccc1. The van der Waals surface area contributed by atoms with Gasteiger partial charge in [0.05, 0.1) is 5.54 Å². The summed E-state index contributed by atoms with van der Waals surface area (Å²) in [6.45, 7) is 1.91. The lowest BCUT2D eigenvalue weighted by molar-refractivity contribution is 0.595. The minimum atomic E-state index is -3.36. The number of sulfone groups is 1. The van der Waals surface area contributed by atoms with Crippen LogP contribution >= 0.6 is 11.6 Å². The first-order valence-electron chi connectivity index (χ1n) is 6.41. The number of alkyl halides is 1. The Morgan fingerprint density at radius 2 is 1.86 bits per heavy atom. The number of hydrogen-bond acceptors (Lipinski definition) is 4. The molecule has 2 rings (SSSR count). The van der Waals surface area contributed by atoms with Gasteiger partial charge in [-0.05, 0) is 24.6 Å².